The van der Waals surface area contributed by atoms with Gasteiger partial charge in [-0.05, 0) is 137 Å². The van der Waals surface area contributed by atoms with E-state index in [-0.39, 0.29) is 17.8 Å². The summed E-state index contributed by atoms with van der Waals surface area (Å²) in [7, 11) is 0. The van der Waals surface area contributed by atoms with E-state index in [9.17, 15) is 13.2 Å². The zero-order chi connectivity index (χ0) is 38.7. The molecule has 0 saturated carbocycles. The predicted octanol–water partition coefficient (Wildman–Crippen LogP) is 15.0. The Morgan fingerprint density at radius 3 is 1.92 bits per heavy atom. The lowest BCUT2D eigenvalue weighted by Crippen LogP contribution is -2.28. The molecular formula is C47H68F4. The summed E-state index contributed by atoms with van der Waals surface area (Å²) >= 11 is 0. The fourth-order valence-corrected chi connectivity index (χ4v) is 6.84. The quantitative estimate of drug-likeness (QED) is 0.0762. The van der Waals surface area contributed by atoms with Gasteiger partial charge in [0.1, 0.15) is 11.3 Å². The molecule has 1 aliphatic carbocycles. The Labute approximate surface area is 309 Å². The number of unbranched alkanes of at least 4 members (excludes halogenated alkanes) is 4. The van der Waals surface area contributed by atoms with Gasteiger partial charge in [-0.1, -0.05) is 121 Å². The van der Waals surface area contributed by atoms with Gasteiger partial charge < -0.3 is 0 Å². The van der Waals surface area contributed by atoms with Crippen LogP contribution in [0.15, 0.2) is 95.2 Å². The number of alkyl halides is 2. The normalized spacial score (nSPS) is 19.5. The number of benzene rings is 1. The molecule has 4 heteroatoms. The van der Waals surface area contributed by atoms with Gasteiger partial charge >= 0.3 is 0 Å². The second-order valence-electron chi connectivity index (χ2n) is 16.2. The Bertz CT molecular complexity index is 1490. The van der Waals surface area contributed by atoms with E-state index in [1.54, 1.807) is 39.8 Å². The van der Waals surface area contributed by atoms with Crippen molar-refractivity contribution in [3.63, 3.8) is 0 Å². The molecule has 284 valence electrons. The van der Waals surface area contributed by atoms with Gasteiger partial charge in [-0.3, -0.25) is 0 Å². The lowest BCUT2D eigenvalue weighted by atomic mass is 9.76. The average molecular weight is 709 g/mol. The highest BCUT2D eigenvalue weighted by molar-refractivity contribution is 5.50. The van der Waals surface area contributed by atoms with E-state index in [2.05, 4.69) is 39.7 Å². The molecule has 0 fully saturated rings. The van der Waals surface area contributed by atoms with Crippen molar-refractivity contribution < 1.29 is 17.6 Å². The third-order valence-corrected chi connectivity index (χ3v) is 11.3. The molecular weight excluding hydrogens is 641 g/mol. The summed E-state index contributed by atoms with van der Waals surface area (Å²) < 4.78 is 60.1. The van der Waals surface area contributed by atoms with Crippen molar-refractivity contribution in [2.45, 2.75) is 151 Å². The summed E-state index contributed by atoms with van der Waals surface area (Å²) in [6, 6.07) is 3.51. The molecule has 0 nitrogen and oxygen atoms in total. The van der Waals surface area contributed by atoms with E-state index in [0.717, 1.165) is 80.1 Å². The Morgan fingerprint density at radius 2 is 1.39 bits per heavy atom. The maximum atomic E-state index is 16.2. The number of hydrogen-bond donors (Lipinski definition) is 0. The van der Waals surface area contributed by atoms with Gasteiger partial charge in [-0.25, -0.2) is 17.6 Å². The first-order chi connectivity index (χ1) is 23.7. The number of hydrogen-bond acceptors (Lipinski definition) is 0. The number of rotatable bonds is 19. The van der Waals surface area contributed by atoms with Gasteiger partial charge in [-0.15, -0.1) is 0 Å². The monoisotopic (exact) mass is 709 g/mol. The molecule has 0 aliphatic heterocycles. The maximum absolute atomic E-state index is 16.2. The fourth-order valence-electron chi connectivity index (χ4n) is 6.84. The van der Waals surface area contributed by atoms with Crippen LogP contribution < -0.4 is 0 Å². The van der Waals surface area contributed by atoms with Crippen molar-refractivity contribution in [3.05, 3.63) is 118 Å². The molecule has 4 atom stereocenters. The van der Waals surface area contributed by atoms with Crippen LogP contribution in [0.1, 0.15) is 138 Å². The van der Waals surface area contributed by atoms with Crippen LogP contribution in [0.5, 0.6) is 0 Å². The van der Waals surface area contributed by atoms with Gasteiger partial charge in [-0.2, -0.15) is 0 Å². The number of allylic oxidation sites excluding steroid dienone is 11. The standard InChI is InChI=1S/C47H68F4/c1-14-15-21-39-24-25-40(45(49)44(39)48)22-19-17-16-18-20-33(6)36(9)43(31(2)3)37(10)38-23-26-41(34(7)29-35(8)46(11,12)50)30-42(28-27-38)47(13,51)32(4)5/h24-25,27-30,32-33,38,41H,2,7,10,14-23,26H2,1,3-6,8-9,11-13H3. The largest absolute Gasteiger partial charge is 0.240 e. The average Bonchev–Trinajstić information content (AvgIpc) is 3.03. The smallest absolute Gasteiger partial charge is 0.162 e. The summed E-state index contributed by atoms with van der Waals surface area (Å²) in [5.41, 5.74) is 4.25. The van der Waals surface area contributed by atoms with Crippen LogP contribution in [0.2, 0.25) is 0 Å². The van der Waals surface area contributed by atoms with Crippen molar-refractivity contribution in [1.82, 2.24) is 0 Å². The van der Waals surface area contributed by atoms with Crippen LogP contribution in [0, 0.1) is 35.3 Å². The fraction of sp³-hybridized carbons (Fsp3) is 0.574. The molecule has 1 aliphatic rings. The molecule has 2 rings (SSSR count). The van der Waals surface area contributed by atoms with Crippen LogP contribution in [0.25, 0.3) is 0 Å². The Balaban J connectivity index is 2.17. The molecule has 0 bridgehead atoms. The summed E-state index contributed by atoms with van der Waals surface area (Å²) in [6.45, 7) is 32.1. The van der Waals surface area contributed by atoms with E-state index in [1.165, 1.54) is 5.57 Å². The SMILES string of the molecule is C=C(C)C(C(=C)C1C=CC(C(C)(F)C(C)C)=CC(C(=C)C=C(C)C(C)(C)F)CC1)=C(C)C(C)CCCCCCc1ccc(CCCC)c(F)c1F. The zero-order valence-electron chi connectivity index (χ0n) is 33.7. The van der Waals surface area contributed by atoms with E-state index in [1.807, 2.05) is 45.9 Å². The second kappa shape index (κ2) is 19.8. The maximum Gasteiger partial charge on any atom is 0.162 e. The van der Waals surface area contributed by atoms with E-state index in [4.69, 9.17) is 0 Å². The molecule has 1 aromatic carbocycles. The van der Waals surface area contributed by atoms with Crippen molar-refractivity contribution in [3.8, 4) is 0 Å². The van der Waals surface area contributed by atoms with Gasteiger partial charge in [0.2, 0.25) is 0 Å². The summed E-state index contributed by atoms with van der Waals surface area (Å²) in [6.07, 6.45) is 17.2. The van der Waals surface area contributed by atoms with Gasteiger partial charge in [0.15, 0.2) is 11.6 Å². The zero-order valence-corrected chi connectivity index (χ0v) is 33.7. The minimum Gasteiger partial charge on any atom is -0.240 e. The molecule has 0 radical (unpaired) electrons. The van der Waals surface area contributed by atoms with Gasteiger partial charge in [0, 0.05) is 11.8 Å². The topological polar surface area (TPSA) is 0 Å². The van der Waals surface area contributed by atoms with E-state index >= 15 is 4.39 Å². The molecule has 1 aromatic rings. The van der Waals surface area contributed by atoms with Crippen LogP contribution in [0.3, 0.4) is 0 Å². The summed E-state index contributed by atoms with van der Waals surface area (Å²) in [4.78, 5) is 0. The Morgan fingerprint density at radius 1 is 0.843 bits per heavy atom. The van der Waals surface area contributed by atoms with Crippen molar-refractivity contribution in [2.75, 3.05) is 0 Å². The first kappa shape index (κ1) is 44.3. The first-order valence-corrected chi connectivity index (χ1v) is 19.4. The minimum absolute atomic E-state index is 0.0190. The first-order valence-electron chi connectivity index (χ1n) is 19.4. The molecule has 4 unspecified atom stereocenters. The van der Waals surface area contributed by atoms with Crippen molar-refractivity contribution in [2.24, 2.45) is 23.7 Å². The highest BCUT2D eigenvalue weighted by atomic mass is 19.2. The van der Waals surface area contributed by atoms with E-state index < -0.39 is 23.0 Å². The Kier molecular flexibility index (Phi) is 17.2. The van der Waals surface area contributed by atoms with Crippen LogP contribution in [0.4, 0.5) is 17.6 Å². The number of halogens is 4. The summed E-state index contributed by atoms with van der Waals surface area (Å²) in [5.74, 6) is -1.43. The molecule has 0 heterocycles. The highest BCUT2D eigenvalue weighted by Crippen LogP contribution is 2.40. The van der Waals surface area contributed by atoms with Crippen molar-refractivity contribution in [1.29, 1.82) is 0 Å². The third-order valence-electron chi connectivity index (χ3n) is 11.3. The molecule has 51 heavy (non-hydrogen) atoms. The highest BCUT2D eigenvalue weighted by Gasteiger charge is 2.33. The molecule has 0 spiro atoms. The molecule has 0 saturated heterocycles. The lowest BCUT2D eigenvalue weighted by Gasteiger charge is -2.31. The molecule has 0 amide bonds. The number of aryl methyl sites for hydroxylation is 2. The second-order valence-corrected chi connectivity index (χ2v) is 16.2. The van der Waals surface area contributed by atoms with Crippen molar-refractivity contribution >= 4 is 0 Å². The molecule has 0 aromatic heterocycles. The molecule has 0 N–H and O–H groups in total. The lowest BCUT2D eigenvalue weighted by molar-refractivity contribution is 0.172. The van der Waals surface area contributed by atoms with E-state index in [0.29, 0.717) is 41.0 Å². The van der Waals surface area contributed by atoms with Crippen LogP contribution in [-0.4, -0.2) is 11.3 Å². The minimum atomic E-state index is -1.54. The van der Waals surface area contributed by atoms with Crippen LogP contribution in [-0.2, 0) is 12.8 Å². The van der Waals surface area contributed by atoms with Gasteiger partial charge in [0.05, 0.1) is 0 Å². The van der Waals surface area contributed by atoms with Crippen LogP contribution >= 0.6 is 0 Å². The third kappa shape index (κ3) is 12.6. The summed E-state index contributed by atoms with van der Waals surface area (Å²) in [5, 5.41) is 0. The van der Waals surface area contributed by atoms with Gasteiger partial charge in [0.25, 0.3) is 0 Å². The Hall–Kier alpha value is -2.88. The predicted molar refractivity (Wildman–Crippen MR) is 213 cm³/mol.